The highest BCUT2D eigenvalue weighted by atomic mass is 35.5. The number of likely N-dealkylation sites (tertiary alicyclic amines) is 1. The van der Waals surface area contributed by atoms with Crippen molar-refractivity contribution in [3.8, 4) is 0 Å². The lowest BCUT2D eigenvalue weighted by molar-refractivity contribution is -0.138. The van der Waals surface area contributed by atoms with Crippen LogP contribution in [0, 0.1) is 0 Å². The lowest BCUT2D eigenvalue weighted by Gasteiger charge is -2.42. The average Bonchev–Trinajstić information content (AvgIpc) is 3.28. The topological polar surface area (TPSA) is 56.8 Å². The number of fused-ring (bicyclic) bond motifs is 3. The minimum absolute atomic E-state index is 0.159. The molecule has 2 amide bonds. The molecule has 2 spiro atoms. The molecular formula is C23H21ClN4O2S2. The molecule has 0 N–H and O–H groups in total. The first kappa shape index (κ1) is 21.6. The highest BCUT2D eigenvalue weighted by Crippen LogP contribution is 2.66. The molecule has 0 radical (unpaired) electrons. The van der Waals surface area contributed by atoms with Gasteiger partial charge >= 0.3 is 0 Å². The zero-order valence-corrected chi connectivity index (χ0v) is 20.0. The summed E-state index contributed by atoms with van der Waals surface area (Å²) < 4.78 is -0.754. The van der Waals surface area contributed by atoms with Crippen molar-refractivity contribution in [2.75, 3.05) is 32.1 Å². The van der Waals surface area contributed by atoms with Crippen LogP contribution in [0.2, 0.25) is 5.02 Å². The summed E-state index contributed by atoms with van der Waals surface area (Å²) in [4.78, 5) is 37.9. The molecule has 0 saturated carbocycles. The molecule has 0 unspecified atom stereocenters. The second-order valence-electron chi connectivity index (χ2n) is 8.26. The fourth-order valence-corrected chi connectivity index (χ4v) is 7.86. The van der Waals surface area contributed by atoms with Gasteiger partial charge in [-0.25, -0.2) is 0 Å². The van der Waals surface area contributed by atoms with Gasteiger partial charge in [-0.15, -0.1) is 6.58 Å². The fourth-order valence-electron chi connectivity index (χ4n) is 5.54. The maximum absolute atomic E-state index is 14.3. The van der Waals surface area contributed by atoms with Crippen LogP contribution in [0.4, 0.5) is 5.69 Å². The molecule has 1 aromatic heterocycles. The maximum atomic E-state index is 14.3. The van der Waals surface area contributed by atoms with Crippen molar-refractivity contribution in [2.24, 2.45) is 0 Å². The molecular weight excluding hydrogens is 464 g/mol. The summed E-state index contributed by atoms with van der Waals surface area (Å²) in [6, 6.07) is 9.23. The van der Waals surface area contributed by atoms with E-state index < -0.39 is 10.3 Å². The number of nitrogens with zero attached hydrogens (tertiary/aromatic N) is 4. The molecule has 6 nitrogen and oxygen atoms in total. The number of hydrogen-bond acceptors (Lipinski definition) is 6. The second-order valence-corrected chi connectivity index (χ2v) is 10.6. The summed E-state index contributed by atoms with van der Waals surface area (Å²) in [7, 11) is 3.64. The highest BCUT2D eigenvalue weighted by Gasteiger charge is 2.78. The summed E-state index contributed by atoms with van der Waals surface area (Å²) in [5, 5.41) is 0.514. The van der Waals surface area contributed by atoms with E-state index >= 15 is 0 Å². The molecule has 2 fully saturated rings. The quantitative estimate of drug-likeness (QED) is 0.491. The van der Waals surface area contributed by atoms with E-state index in [9.17, 15) is 9.59 Å². The van der Waals surface area contributed by atoms with Crippen LogP contribution >= 0.6 is 35.6 Å². The van der Waals surface area contributed by atoms with E-state index in [1.807, 2.05) is 36.2 Å². The molecule has 3 atom stereocenters. The monoisotopic (exact) mass is 484 g/mol. The summed E-state index contributed by atoms with van der Waals surface area (Å²) in [6.07, 6.45) is 5.13. The number of rotatable bonds is 3. The fraction of sp³-hybridized carbons (Fsp3) is 0.304. The molecule has 2 aromatic rings. The van der Waals surface area contributed by atoms with E-state index in [0.717, 1.165) is 16.8 Å². The minimum atomic E-state index is -1.26. The maximum Gasteiger partial charge on any atom is 0.254 e. The van der Waals surface area contributed by atoms with E-state index in [-0.39, 0.29) is 17.7 Å². The molecule has 4 heterocycles. The van der Waals surface area contributed by atoms with Crippen LogP contribution in [0.3, 0.4) is 0 Å². The number of anilines is 1. The Morgan fingerprint density at radius 3 is 2.78 bits per heavy atom. The molecule has 32 heavy (non-hydrogen) atoms. The Bertz CT molecular complexity index is 1180. The van der Waals surface area contributed by atoms with Crippen molar-refractivity contribution in [3.63, 3.8) is 0 Å². The first-order valence-electron chi connectivity index (χ1n) is 10.2. The minimum Gasteiger partial charge on any atom is -0.313 e. The Kier molecular flexibility index (Phi) is 4.98. The van der Waals surface area contributed by atoms with Crippen molar-refractivity contribution >= 4 is 57.4 Å². The Morgan fingerprint density at radius 1 is 1.31 bits per heavy atom. The number of thioether (sulfide) groups is 1. The SMILES string of the molecule is C=CCN1C(=O)[C@]2(SC1=S)[C@H](c1cccnc1)CN(C)[C@@]21C(=O)N(C)c2ccc(Cl)cc21. The summed E-state index contributed by atoms with van der Waals surface area (Å²) in [6.45, 7) is 4.56. The Balaban J connectivity index is 1.85. The standard InChI is InChI=1S/C23H21ClN4O2S2/c1-4-10-28-20(30)23(32-21(28)31)17(14-6-5-9-25-12-14)13-26(2)22(23)16-11-15(24)7-8-18(16)27(3)19(22)29/h4-9,11-12,17H,1,10,13H2,2-3H3/t17-,22-,23+/m0/s1. The first-order chi connectivity index (χ1) is 15.3. The molecule has 3 aliphatic heterocycles. The molecule has 9 heteroatoms. The molecule has 2 saturated heterocycles. The Hall–Kier alpha value is -2.26. The van der Waals surface area contributed by atoms with Crippen LogP contribution in [-0.2, 0) is 15.1 Å². The molecule has 5 rings (SSSR count). The van der Waals surface area contributed by atoms with Crippen molar-refractivity contribution in [1.29, 1.82) is 0 Å². The van der Waals surface area contributed by atoms with Crippen LogP contribution in [0.1, 0.15) is 17.0 Å². The van der Waals surface area contributed by atoms with Gasteiger partial charge in [-0.1, -0.05) is 47.7 Å². The van der Waals surface area contributed by atoms with Gasteiger partial charge in [0.05, 0.1) is 0 Å². The van der Waals surface area contributed by atoms with Gasteiger partial charge in [-0.3, -0.25) is 24.4 Å². The largest absolute Gasteiger partial charge is 0.313 e. The van der Waals surface area contributed by atoms with Gasteiger partial charge in [0.25, 0.3) is 5.91 Å². The summed E-state index contributed by atoms with van der Waals surface area (Å²) in [5.74, 6) is -0.651. The zero-order valence-electron chi connectivity index (χ0n) is 17.6. The van der Waals surface area contributed by atoms with Gasteiger partial charge < -0.3 is 4.90 Å². The lowest BCUT2D eigenvalue weighted by atomic mass is 9.72. The third-order valence-electron chi connectivity index (χ3n) is 6.81. The number of carbonyl (C=O) groups is 2. The van der Waals surface area contributed by atoms with Crippen molar-refractivity contribution < 1.29 is 9.59 Å². The average molecular weight is 485 g/mol. The van der Waals surface area contributed by atoms with Crippen LogP contribution < -0.4 is 4.90 Å². The van der Waals surface area contributed by atoms with E-state index in [4.69, 9.17) is 23.8 Å². The van der Waals surface area contributed by atoms with E-state index in [1.165, 1.54) is 11.8 Å². The second kappa shape index (κ2) is 7.38. The summed E-state index contributed by atoms with van der Waals surface area (Å²) in [5.41, 5.74) is 1.12. The highest BCUT2D eigenvalue weighted by molar-refractivity contribution is 8.25. The molecule has 0 bridgehead atoms. The predicted octanol–water partition coefficient (Wildman–Crippen LogP) is 3.42. The van der Waals surface area contributed by atoms with Crippen molar-refractivity contribution in [3.05, 3.63) is 71.5 Å². The van der Waals surface area contributed by atoms with Gasteiger partial charge in [0.1, 0.15) is 9.07 Å². The van der Waals surface area contributed by atoms with Crippen LogP contribution in [0.15, 0.2) is 55.4 Å². The normalized spacial score (nSPS) is 29.6. The number of likely N-dealkylation sites (N-methyl/N-ethyl adjacent to an activating group) is 2. The smallest absolute Gasteiger partial charge is 0.254 e. The number of pyridine rings is 1. The van der Waals surface area contributed by atoms with E-state index in [1.54, 1.807) is 41.4 Å². The predicted molar refractivity (Wildman–Crippen MR) is 131 cm³/mol. The van der Waals surface area contributed by atoms with Crippen molar-refractivity contribution in [2.45, 2.75) is 16.2 Å². The lowest BCUT2D eigenvalue weighted by Crippen LogP contribution is -2.62. The number of thiocarbonyl (C=S) groups is 1. The van der Waals surface area contributed by atoms with E-state index in [2.05, 4.69) is 11.6 Å². The van der Waals surface area contributed by atoms with Crippen LogP contribution in [-0.4, -0.2) is 62.9 Å². The van der Waals surface area contributed by atoms with E-state index in [0.29, 0.717) is 22.4 Å². The Morgan fingerprint density at radius 2 is 2.09 bits per heavy atom. The van der Waals surface area contributed by atoms with Gasteiger partial charge in [-0.05, 0) is 36.9 Å². The Labute approximate surface area is 201 Å². The number of halogens is 1. The molecule has 0 aliphatic carbocycles. The van der Waals surface area contributed by atoms with Gasteiger partial charge in [0.15, 0.2) is 5.54 Å². The molecule has 164 valence electrons. The number of aromatic nitrogens is 1. The molecule has 1 aromatic carbocycles. The van der Waals surface area contributed by atoms with Gasteiger partial charge in [-0.2, -0.15) is 0 Å². The van der Waals surface area contributed by atoms with Gasteiger partial charge in [0, 0.05) is 54.7 Å². The summed E-state index contributed by atoms with van der Waals surface area (Å²) >= 11 is 13.4. The number of amides is 2. The zero-order chi connectivity index (χ0) is 22.8. The van der Waals surface area contributed by atoms with Crippen molar-refractivity contribution in [1.82, 2.24) is 14.8 Å². The number of benzene rings is 1. The third kappa shape index (κ3) is 2.46. The third-order valence-corrected chi connectivity index (χ3v) is 8.99. The molecule has 3 aliphatic rings. The van der Waals surface area contributed by atoms with Gasteiger partial charge in [0.2, 0.25) is 5.91 Å². The number of carbonyl (C=O) groups excluding carboxylic acids is 2. The van der Waals surface area contributed by atoms with Crippen LogP contribution in [0.25, 0.3) is 0 Å². The number of hydrogen-bond donors (Lipinski definition) is 0. The van der Waals surface area contributed by atoms with Crippen LogP contribution in [0.5, 0.6) is 0 Å². The first-order valence-corrected chi connectivity index (χ1v) is 11.8.